The summed E-state index contributed by atoms with van der Waals surface area (Å²) in [7, 11) is 0. The molecule has 108 valence electrons. The summed E-state index contributed by atoms with van der Waals surface area (Å²) >= 11 is 5.05. The normalized spacial score (nSPS) is 14.1. The molecule has 5 heteroatoms. The minimum Gasteiger partial charge on any atom is -0.483 e. The molecule has 1 aromatic heterocycles. The molecule has 0 aliphatic carbocycles. The minimum absolute atomic E-state index is 0.106. The summed E-state index contributed by atoms with van der Waals surface area (Å²) in [4.78, 5) is 1.06. The van der Waals surface area contributed by atoms with Crippen LogP contribution in [0.1, 0.15) is 29.9 Å². The Balaban J connectivity index is 2.25. The molecular formula is C15H17BrFNOS. The van der Waals surface area contributed by atoms with Crippen molar-refractivity contribution in [2.45, 2.75) is 32.4 Å². The van der Waals surface area contributed by atoms with Gasteiger partial charge in [0.1, 0.15) is 17.7 Å². The lowest BCUT2D eigenvalue weighted by Gasteiger charge is -2.23. The fraction of sp³-hybridized carbons (Fsp3) is 0.333. The standard InChI is InChI=1S/C15H17BrFNOS/c1-3-12(18)15(13-6-7-14(16)20-13)19-10-4-5-11(17)9(2)8-10/h4-8,12,15H,3,18H2,1-2H3. The number of nitrogens with two attached hydrogens (primary N) is 1. The highest BCUT2D eigenvalue weighted by Gasteiger charge is 2.22. The number of rotatable bonds is 5. The van der Waals surface area contributed by atoms with Gasteiger partial charge in [-0.25, -0.2) is 4.39 Å². The van der Waals surface area contributed by atoms with Crippen LogP contribution < -0.4 is 10.5 Å². The van der Waals surface area contributed by atoms with Crippen LogP contribution in [0, 0.1) is 12.7 Å². The third-order valence-corrected chi connectivity index (χ3v) is 4.81. The van der Waals surface area contributed by atoms with E-state index >= 15 is 0 Å². The summed E-state index contributed by atoms with van der Waals surface area (Å²) in [6.45, 7) is 3.75. The SMILES string of the molecule is CCC(N)C(Oc1ccc(F)c(C)c1)c1ccc(Br)s1. The molecule has 0 fully saturated rings. The number of thiophene rings is 1. The Morgan fingerprint density at radius 2 is 2.10 bits per heavy atom. The zero-order chi connectivity index (χ0) is 14.7. The van der Waals surface area contributed by atoms with E-state index in [0.717, 1.165) is 15.1 Å². The lowest BCUT2D eigenvalue weighted by Crippen LogP contribution is -2.30. The predicted molar refractivity (Wildman–Crippen MR) is 84.8 cm³/mol. The Bertz CT molecular complexity index is 587. The van der Waals surface area contributed by atoms with Crippen molar-refractivity contribution in [2.24, 2.45) is 5.73 Å². The van der Waals surface area contributed by atoms with E-state index in [1.807, 2.05) is 19.1 Å². The van der Waals surface area contributed by atoms with Gasteiger partial charge in [0.05, 0.1) is 3.79 Å². The first-order valence-electron chi connectivity index (χ1n) is 6.45. The largest absolute Gasteiger partial charge is 0.483 e. The molecule has 0 amide bonds. The van der Waals surface area contributed by atoms with E-state index in [0.29, 0.717) is 11.3 Å². The van der Waals surface area contributed by atoms with Gasteiger partial charge in [0.15, 0.2) is 0 Å². The lowest BCUT2D eigenvalue weighted by molar-refractivity contribution is 0.174. The molecule has 0 aliphatic heterocycles. The Kier molecular flexibility index (Phi) is 5.18. The van der Waals surface area contributed by atoms with Crippen molar-refractivity contribution in [3.05, 3.63) is 50.4 Å². The third kappa shape index (κ3) is 3.59. The van der Waals surface area contributed by atoms with E-state index in [1.54, 1.807) is 30.4 Å². The molecule has 2 aromatic rings. The first kappa shape index (κ1) is 15.5. The smallest absolute Gasteiger partial charge is 0.148 e. The van der Waals surface area contributed by atoms with Gasteiger partial charge >= 0.3 is 0 Å². The number of benzene rings is 1. The van der Waals surface area contributed by atoms with Gasteiger partial charge in [0.25, 0.3) is 0 Å². The van der Waals surface area contributed by atoms with E-state index in [2.05, 4.69) is 15.9 Å². The van der Waals surface area contributed by atoms with Gasteiger partial charge < -0.3 is 10.5 Å². The molecule has 0 aliphatic rings. The average Bonchev–Trinajstić information content (AvgIpc) is 2.85. The van der Waals surface area contributed by atoms with Crippen LogP contribution in [0.3, 0.4) is 0 Å². The van der Waals surface area contributed by atoms with E-state index in [-0.39, 0.29) is 18.0 Å². The molecule has 0 radical (unpaired) electrons. The molecule has 1 heterocycles. The summed E-state index contributed by atoms with van der Waals surface area (Å²) in [6, 6.07) is 8.64. The number of aryl methyl sites for hydroxylation is 1. The Morgan fingerprint density at radius 3 is 2.65 bits per heavy atom. The van der Waals surface area contributed by atoms with E-state index in [9.17, 15) is 4.39 Å². The summed E-state index contributed by atoms with van der Waals surface area (Å²) < 4.78 is 20.3. The number of hydrogen-bond donors (Lipinski definition) is 1. The van der Waals surface area contributed by atoms with Gasteiger partial charge in [0.2, 0.25) is 0 Å². The molecule has 2 atom stereocenters. The van der Waals surface area contributed by atoms with Crippen molar-refractivity contribution in [1.29, 1.82) is 0 Å². The van der Waals surface area contributed by atoms with Crippen LogP contribution in [0.2, 0.25) is 0 Å². The van der Waals surface area contributed by atoms with Crippen LogP contribution in [-0.2, 0) is 0 Å². The summed E-state index contributed by atoms with van der Waals surface area (Å²) in [5, 5.41) is 0. The van der Waals surface area contributed by atoms with Crippen molar-refractivity contribution < 1.29 is 9.13 Å². The summed E-state index contributed by atoms with van der Waals surface area (Å²) in [5.74, 6) is 0.412. The quantitative estimate of drug-likeness (QED) is 0.832. The molecule has 0 spiro atoms. The zero-order valence-electron chi connectivity index (χ0n) is 11.4. The number of ether oxygens (including phenoxy) is 1. The third-order valence-electron chi connectivity index (χ3n) is 3.13. The summed E-state index contributed by atoms with van der Waals surface area (Å²) in [5.41, 5.74) is 6.73. The van der Waals surface area contributed by atoms with Crippen LogP contribution in [0.5, 0.6) is 5.75 Å². The molecule has 2 rings (SSSR count). The summed E-state index contributed by atoms with van der Waals surface area (Å²) in [6.07, 6.45) is 0.585. The van der Waals surface area contributed by atoms with E-state index < -0.39 is 0 Å². The van der Waals surface area contributed by atoms with Crippen LogP contribution in [0.4, 0.5) is 4.39 Å². The molecular weight excluding hydrogens is 341 g/mol. The van der Waals surface area contributed by atoms with Crippen molar-refractivity contribution in [3.8, 4) is 5.75 Å². The van der Waals surface area contributed by atoms with Gasteiger partial charge in [-0.15, -0.1) is 11.3 Å². The predicted octanol–water partition coefficient (Wildman–Crippen LogP) is 4.82. The molecule has 1 aromatic carbocycles. The number of hydrogen-bond acceptors (Lipinski definition) is 3. The second-order valence-corrected chi connectivity index (χ2v) is 7.16. The maximum atomic E-state index is 13.3. The van der Waals surface area contributed by atoms with Crippen molar-refractivity contribution >= 4 is 27.3 Å². The zero-order valence-corrected chi connectivity index (χ0v) is 13.8. The topological polar surface area (TPSA) is 35.2 Å². The minimum atomic E-state index is -0.229. The Hall–Kier alpha value is -0.910. The van der Waals surface area contributed by atoms with Gasteiger partial charge in [-0.05, 0) is 65.2 Å². The van der Waals surface area contributed by atoms with Crippen LogP contribution in [0.25, 0.3) is 0 Å². The lowest BCUT2D eigenvalue weighted by atomic mass is 10.1. The molecule has 0 saturated heterocycles. The number of halogens is 2. The van der Waals surface area contributed by atoms with E-state index in [4.69, 9.17) is 10.5 Å². The van der Waals surface area contributed by atoms with E-state index in [1.165, 1.54) is 6.07 Å². The molecule has 2 N–H and O–H groups in total. The fourth-order valence-electron chi connectivity index (χ4n) is 1.89. The van der Waals surface area contributed by atoms with Crippen LogP contribution in [0.15, 0.2) is 34.1 Å². The first-order chi connectivity index (χ1) is 9.51. The monoisotopic (exact) mass is 357 g/mol. The highest BCUT2D eigenvalue weighted by atomic mass is 79.9. The van der Waals surface area contributed by atoms with Crippen molar-refractivity contribution in [2.75, 3.05) is 0 Å². The highest BCUT2D eigenvalue weighted by molar-refractivity contribution is 9.11. The van der Waals surface area contributed by atoms with Crippen molar-refractivity contribution in [3.63, 3.8) is 0 Å². The van der Waals surface area contributed by atoms with Crippen LogP contribution in [-0.4, -0.2) is 6.04 Å². The Morgan fingerprint density at radius 1 is 1.35 bits per heavy atom. The van der Waals surface area contributed by atoms with Gasteiger partial charge in [0, 0.05) is 10.9 Å². The molecule has 2 nitrogen and oxygen atoms in total. The van der Waals surface area contributed by atoms with Gasteiger partial charge in [-0.1, -0.05) is 6.92 Å². The molecule has 0 saturated carbocycles. The maximum Gasteiger partial charge on any atom is 0.148 e. The second kappa shape index (κ2) is 6.70. The van der Waals surface area contributed by atoms with Gasteiger partial charge in [-0.3, -0.25) is 0 Å². The van der Waals surface area contributed by atoms with Gasteiger partial charge in [-0.2, -0.15) is 0 Å². The maximum absolute atomic E-state index is 13.3. The second-order valence-electron chi connectivity index (χ2n) is 4.66. The molecule has 20 heavy (non-hydrogen) atoms. The average molecular weight is 358 g/mol. The Labute approximate surface area is 130 Å². The first-order valence-corrected chi connectivity index (χ1v) is 8.05. The molecule has 0 bridgehead atoms. The highest BCUT2D eigenvalue weighted by Crippen LogP contribution is 2.33. The van der Waals surface area contributed by atoms with Crippen LogP contribution >= 0.6 is 27.3 Å². The fourth-order valence-corrected chi connectivity index (χ4v) is 3.42. The molecule has 2 unspecified atom stereocenters. The van der Waals surface area contributed by atoms with Crippen molar-refractivity contribution in [1.82, 2.24) is 0 Å².